The molecule has 3 aromatic carbocycles. The van der Waals surface area contributed by atoms with Crippen molar-refractivity contribution in [2.45, 2.75) is 13.5 Å². The molecule has 142 valence electrons. The SMILES string of the molecule is Cc1ccccc1Cn1c2cc(-c3cccs3)ccc2c2c(C(N)=O)cccc21. The van der Waals surface area contributed by atoms with Crippen molar-refractivity contribution in [3.63, 3.8) is 0 Å². The standard InChI is InChI=1S/C25H20N2OS/c1-16-6-2-3-7-18(16)15-27-21-9-4-8-20(25(26)28)24(21)19-12-11-17(14-22(19)27)23-10-5-13-29-23/h2-14H,15H2,1H3,(H2,26,28). The topological polar surface area (TPSA) is 48.0 Å². The first-order valence-corrected chi connectivity index (χ1v) is 10.4. The van der Waals surface area contributed by atoms with Crippen LogP contribution in [0.1, 0.15) is 21.5 Å². The fourth-order valence-corrected chi connectivity index (χ4v) is 4.80. The lowest BCUT2D eigenvalue weighted by atomic mass is 10.0. The van der Waals surface area contributed by atoms with E-state index in [4.69, 9.17) is 5.73 Å². The van der Waals surface area contributed by atoms with E-state index in [1.165, 1.54) is 21.6 Å². The van der Waals surface area contributed by atoms with Crippen molar-refractivity contribution in [1.82, 2.24) is 4.57 Å². The molecule has 0 bridgehead atoms. The maximum Gasteiger partial charge on any atom is 0.249 e. The number of aromatic nitrogens is 1. The minimum absolute atomic E-state index is 0.395. The number of amides is 1. The van der Waals surface area contributed by atoms with Gasteiger partial charge in [0.15, 0.2) is 0 Å². The van der Waals surface area contributed by atoms with E-state index in [-0.39, 0.29) is 0 Å². The number of thiophene rings is 1. The molecule has 2 aromatic heterocycles. The lowest BCUT2D eigenvalue weighted by molar-refractivity contribution is 0.100. The van der Waals surface area contributed by atoms with Crippen LogP contribution in [0.15, 0.2) is 78.2 Å². The largest absolute Gasteiger partial charge is 0.366 e. The van der Waals surface area contributed by atoms with E-state index >= 15 is 0 Å². The van der Waals surface area contributed by atoms with Gasteiger partial charge in [-0.1, -0.05) is 48.5 Å². The molecular formula is C25H20N2OS. The molecule has 0 atom stereocenters. The van der Waals surface area contributed by atoms with E-state index in [9.17, 15) is 4.79 Å². The van der Waals surface area contributed by atoms with Gasteiger partial charge >= 0.3 is 0 Å². The fourth-order valence-electron chi connectivity index (χ4n) is 4.07. The van der Waals surface area contributed by atoms with Gasteiger partial charge in [-0.05, 0) is 53.3 Å². The Kier molecular flexibility index (Phi) is 4.22. The minimum atomic E-state index is -0.395. The molecule has 1 amide bonds. The zero-order chi connectivity index (χ0) is 20.0. The summed E-state index contributed by atoms with van der Waals surface area (Å²) < 4.78 is 2.30. The van der Waals surface area contributed by atoms with Gasteiger partial charge in [-0.15, -0.1) is 11.3 Å². The number of hydrogen-bond acceptors (Lipinski definition) is 2. The molecule has 0 spiro atoms. The third kappa shape index (κ3) is 2.93. The molecule has 0 saturated carbocycles. The molecule has 0 radical (unpaired) electrons. The number of hydrogen-bond donors (Lipinski definition) is 1. The summed E-state index contributed by atoms with van der Waals surface area (Å²) in [5, 5.41) is 4.08. The predicted molar refractivity (Wildman–Crippen MR) is 122 cm³/mol. The van der Waals surface area contributed by atoms with Gasteiger partial charge in [-0.2, -0.15) is 0 Å². The van der Waals surface area contributed by atoms with Crippen LogP contribution in [-0.4, -0.2) is 10.5 Å². The van der Waals surface area contributed by atoms with E-state index < -0.39 is 5.91 Å². The smallest absolute Gasteiger partial charge is 0.249 e. The fraction of sp³-hybridized carbons (Fsp3) is 0.0800. The minimum Gasteiger partial charge on any atom is -0.366 e. The summed E-state index contributed by atoms with van der Waals surface area (Å²) in [6, 6.07) is 24.9. The molecule has 2 N–H and O–H groups in total. The number of aryl methyl sites for hydroxylation is 1. The zero-order valence-electron chi connectivity index (χ0n) is 16.1. The molecular weight excluding hydrogens is 376 g/mol. The van der Waals surface area contributed by atoms with Crippen LogP contribution in [0.4, 0.5) is 0 Å². The molecule has 0 aliphatic rings. The summed E-state index contributed by atoms with van der Waals surface area (Å²) in [6.07, 6.45) is 0. The third-order valence-electron chi connectivity index (χ3n) is 5.55. The van der Waals surface area contributed by atoms with E-state index in [0.717, 1.165) is 28.4 Å². The highest BCUT2D eigenvalue weighted by Gasteiger charge is 2.17. The lowest BCUT2D eigenvalue weighted by Gasteiger charge is -2.11. The number of primary amides is 1. The van der Waals surface area contributed by atoms with Gasteiger partial charge in [0, 0.05) is 27.8 Å². The van der Waals surface area contributed by atoms with Gasteiger partial charge in [-0.3, -0.25) is 4.79 Å². The number of nitrogens with two attached hydrogens (primary N) is 1. The molecule has 0 aliphatic carbocycles. The van der Waals surface area contributed by atoms with Crippen molar-refractivity contribution in [3.05, 3.63) is 94.9 Å². The summed E-state index contributed by atoms with van der Waals surface area (Å²) in [7, 11) is 0. The Morgan fingerprint density at radius 1 is 0.966 bits per heavy atom. The quantitative estimate of drug-likeness (QED) is 0.399. The average Bonchev–Trinajstić information content (AvgIpc) is 3.36. The summed E-state index contributed by atoms with van der Waals surface area (Å²) in [6.45, 7) is 2.87. The monoisotopic (exact) mass is 396 g/mol. The van der Waals surface area contributed by atoms with Crippen LogP contribution in [0.2, 0.25) is 0 Å². The number of carbonyl (C=O) groups is 1. The van der Waals surface area contributed by atoms with Crippen LogP contribution < -0.4 is 5.73 Å². The molecule has 5 rings (SSSR count). The van der Waals surface area contributed by atoms with E-state index in [0.29, 0.717) is 5.56 Å². The highest BCUT2D eigenvalue weighted by atomic mass is 32.1. The predicted octanol–water partition coefficient (Wildman–Crippen LogP) is 5.98. The van der Waals surface area contributed by atoms with Gasteiger partial charge < -0.3 is 10.3 Å². The lowest BCUT2D eigenvalue weighted by Crippen LogP contribution is -2.11. The number of nitrogens with zero attached hydrogens (tertiary/aromatic N) is 1. The van der Waals surface area contributed by atoms with Crippen LogP contribution in [0, 0.1) is 6.92 Å². The number of fused-ring (bicyclic) bond motifs is 3. The van der Waals surface area contributed by atoms with Crippen molar-refractivity contribution in [2.24, 2.45) is 5.73 Å². The van der Waals surface area contributed by atoms with E-state index in [1.54, 1.807) is 11.3 Å². The Balaban J connectivity index is 1.84. The summed E-state index contributed by atoms with van der Waals surface area (Å²) in [4.78, 5) is 13.4. The Morgan fingerprint density at radius 2 is 1.83 bits per heavy atom. The molecule has 0 aliphatic heterocycles. The Morgan fingerprint density at radius 3 is 2.59 bits per heavy atom. The maximum absolute atomic E-state index is 12.1. The van der Waals surface area contributed by atoms with Gasteiger partial charge in [0.25, 0.3) is 0 Å². The zero-order valence-corrected chi connectivity index (χ0v) is 16.9. The molecule has 0 saturated heterocycles. The van der Waals surface area contributed by atoms with Gasteiger partial charge in [0.05, 0.1) is 11.0 Å². The number of benzene rings is 3. The second-order valence-corrected chi connectivity index (χ2v) is 8.23. The van der Waals surface area contributed by atoms with Crippen LogP contribution in [0.5, 0.6) is 0 Å². The van der Waals surface area contributed by atoms with Crippen molar-refractivity contribution >= 4 is 39.0 Å². The maximum atomic E-state index is 12.1. The van der Waals surface area contributed by atoms with Crippen molar-refractivity contribution in [3.8, 4) is 10.4 Å². The van der Waals surface area contributed by atoms with Gasteiger partial charge in [-0.25, -0.2) is 0 Å². The average molecular weight is 397 g/mol. The van der Waals surface area contributed by atoms with Crippen LogP contribution in [0.25, 0.3) is 32.2 Å². The molecule has 2 heterocycles. The normalized spacial score (nSPS) is 11.3. The van der Waals surface area contributed by atoms with Crippen LogP contribution >= 0.6 is 11.3 Å². The third-order valence-corrected chi connectivity index (χ3v) is 6.47. The molecule has 3 nitrogen and oxygen atoms in total. The van der Waals surface area contributed by atoms with E-state index in [2.05, 4.69) is 77.5 Å². The summed E-state index contributed by atoms with van der Waals surface area (Å²) >= 11 is 1.73. The molecule has 4 heteroatoms. The Bertz CT molecular complexity index is 1360. The van der Waals surface area contributed by atoms with Gasteiger partial charge in [0.2, 0.25) is 5.91 Å². The summed E-state index contributed by atoms with van der Waals surface area (Å²) in [5.41, 5.74) is 12.1. The highest BCUT2D eigenvalue weighted by Crippen LogP contribution is 2.36. The summed E-state index contributed by atoms with van der Waals surface area (Å²) in [5.74, 6) is -0.395. The van der Waals surface area contributed by atoms with Crippen molar-refractivity contribution in [1.29, 1.82) is 0 Å². The first kappa shape index (κ1) is 17.7. The highest BCUT2D eigenvalue weighted by molar-refractivity contribution is 7.13. The van der Waals surface area contributed by atoms with Crippen molar-refractivity contribution < 1.29 is 4.79 Å². The second kappa shape index (κ2) is 6.90. The Labute approximate surface area is 173 Å². The first-order valence-electron chi connectivity index (χ1n) is 9.56. The molecule has 5 aromatic rings. The molecule has 29 heavy (non-hydrogen) atoms. The van der Waals surface area contributed by atoms with Crippen molar-refractivity contribution in [2.75, 3.05) is 0 Å². The van der Waals surface area contributed by atoms with Crippen LogP contribution in [-0.2, 0) is 6.54 Å². The molecule has 0 unspecified atom stereocenters. The van der Waals surface area contributed by atoms with Gasteiger partial charge in [0.1, 0.15) is 0 Å². The number of carbonyl (C=O) groups excluding carboxylic acids is 1. The molecule has 0 fully saturated rings. The Hall–Kier alpha value is -3.37. The van der Waals surface area contributed by atoms with E-state index in [1.807, 2.05) is 12.1 Å². The first-order chi connectivity index (χ1) is 14.1. The number of rotatable bonds is 4. The van der Waals surface area contributed by atoms with Crippen LogP contribution in [0.3, 0.4) is 0 Å². The second-order valence-electron chi connectivity index (χ2n) is 7.29.